The minimum Gasteiger partial charge on any atom is -0.506 e. The van der Waals surface area contributed by atoms with Gasteiger partial charge in [0.05, 0.1) is 5.69 Å². The maximum Gasteiger partial charge on any atom is 0.138 e. The van der Waals surface area contributed by atoms with Crippen LogP contribution in [-0.4, -0.2) is 35.2 Å². The van der Waals surface area contributed by atoms with Crippen LogP contribution in [0.5, 0.6) is 5.75 Å². The van der Waals surface area contributed by atoms with E-state index in [2.05, 4.69) is 17.3 Å². The molecule has 1 aromatic carbocycles. The topological polar surface area (TPSA) is 35.5 Å². The SMILES string of the molecule is CN1C2CCCC1CC(Nc1ccccc1O)C2. The summed E-state index contributed by atoms with van der Waals surface area (Å²) >= 11 is 0. The van der Waals surface area contributed by atoms with Gasteiger partial charge in [-0.15, -0.1) is 0 Å². The Bertz CT molecular complexity index is 407. The molecule has 0 radical (unpaired) electrons. The standard InChI is InChI=1S/C15H22N2O/c1-17-12-5-4-6-13(17)10-11(9-12)16-14-7-2-3-8-15(14)18/h2-3,7-8,11-13,16,18H,4-6,9-10H2,1H3. The predicted octanol–water partition coefficient (Wildman–Crippen LogP) is 2.82. The highest BCUT2D eigenvalue weighted by Gasteiger charge is 2.35. The van der Waals surface area contributed by atoms with Crippen LogP contribution in [-0.2, 0) is 0 Å². The fraction of sp³-hybridized carbons (Fsp3) is 0.600. The van der Waals surface area contributed by atoms with Crippen LogP contribution in [0, 0.1) is 0 Å². The lowest BCUT2D eigenvalue weighted by Gasteiger charge is -2.47. The number of phenolic OH excluding ortho intramolecular Hbond substituents is 1. The fourth-order valence-electron chi connectivity index (χ4n) is 3.55. The molecule has 1 aromatic rings. The summed E-state index contributed by atoms with van der Waals surface area (Å²) in [5.74, 6) is 0.363. The minimum atomic E-state index is 0.363. The van der Waals surface area contributed by atoms with Gasteiger partial charge in [0.2, 0.25) is 0 Å². The van der Waals surface area contributed by atoms with E-state index >= 15 is 0 Å². The number of nitrogens with zero attached hydrogens (tertiary/aromatic N) is 1. The number of rotatable bonds is 2. The van der Waals surface area contributed by atoms with Crippen molar-refractivity contribution in [2.75, 3.05) is 12.4 Å². The zero-order chi connectivity index (χ0) is 12.5. The van der Waals surface area contributed by atoms with Crippen molar-refractivity contribution in [3.8, 4) is 5.75 Å². The van der Waals surface area contributed by atoms with Crippen LogP contribution in [0.2, 0.25) is 0 Å². The van der Waals surface area contributed by atoms with Gasteiger partial charge in [0, 0.05) is 18.1 Å². The van der Waals surface area contributed by atoms with Crippen LogP contribution in [0.25, 0.3) is 0 Å². The van der Waals surface area contributed by atoms with Crippen LogP contribution in [0.4, 0.5) is 5.69 Å². The Kier molecular flexibility index (Phi) is 3.16. The lowest BCUT2D eigenvalue weighted by Crippen LogP contribution is -2.52. The number of hydrogen-bond donors (Lipinski definition) is 2. The van der Waals surface area contributed by atoms with Crippen LogP contribution in [0.3, 0.4) is 0 Å². The molecule has 2 bridgehead atoms. The summed E-state index contributed by atoms with van der Waals surface area (Å²) in [4.78, 5) is 2.56. The van der Waals surface area contributed by atoms with Crippen molar-refractivity contribution in [3.05, 3.63) is 24.3 Å². The summed E-state index contributed by atoms with van der Waals surface area (Å²) in [5.41, 5.74) is 0.880. The van der Waals surface area contributed by atoms with Gasteiger partial charge in [-0.3, -0.25) is 0 Å². The largest absolute Gasteiger partial charge is 0.506 e. The summed E-state index contributed by atoms with van der Waals surface area (Å²) in [5, 5.41) is 13.3. The van der Waals surface area contributed by atoms with Crippen LogP contribution in [0.1, 0.15) is 32.1 Å². The Morgan fingerprint density at radius 3 is 2.50 bits per heavy atom. The smallest absolute Gasteiger partial charge is 0.138 e. The molecule has 98 valence electrons. The number of benzene rings is 1. The number of para-hydroxylation sites is 2. The Morgan fingerprint density at radius 2 is 1.83 bits per heavy atom. The summed E-state index contributed by atoms with van der Waals surface area (Å²) in [6.07, 6.45) is 6.42. The third kappa shape index (κ3) is 2.19. The molecule has 2 N–H and O–H groups in total. The van der Waals surface area contributed by atoms with Crippen molar-refractivity contribution in [3.63, 3.8) is 0 Å². The molecule has 3 nitrogen and oxygen atoms in total. The first-order valence-electron chi connectivity index (χ1n) is 7.00. The Balaban J connectivity index is 1.70. The molecule has 3 rings (SSSR count). The number of piperidine rings is 2. The van der Waals surface area contributed by atoms with E-state index in [1.807, 2.05) is 18.2 Å². The molecule has 3 heteroatoms. The van der Waals surface area contributed by atoms with Crippen LogP contribution >= 0.6 is 0 Å². The van der Waals surface area contributed by atoms with Gasteiger partial charge in [-0.25, -0.2) is 0 Å². The van der Waals surface area contributed by atoms with Gasteiger partial charge in [0.25, 0.3) is 0 Å². The Labute approximate surface area is 109 Å². The van der Waals surface area contributed by atoms with E-state index in [0.717, 1.165) is 17.8 Å². The molecule has 0 amide bonds. The van der Waals surface area contributed by atoms with Gasteiger partial charge in [-0.1, -0.05) is 18.6 Å². The molecule has 0 spiro atoms. The van der Waals surface area contributed by atoms with Crippen molar-refractivity contribution in [2.24, 2.45) is 0 Å². The molecule has 2 atom stereocenters. The van der Waals surface area contributed by atoms with Crippen LogP contribution < -0.4 is 5.32 Å². The normalized spacial score (nSPS) is 32.2. The highest BCUT2D eigenvalue weighted by Crippen LogP contribution is 2.35. The number of nitrogens with one attached hydrogen (secondary N) is 1. The predicted molar refractivity (Wildman–Crippen MR) is 73.9 cm³/mol. The molecule has 2 aliphatic rings. The number of anilines is 1. The maximum absolute atomic E-state index is 9.82. The first-order valence-corrected chi connectivity index (χ1v) is 7.00. The van der Waals surface area contributed by atoms with E-state index < -0.39 is 0 Å². The molecule has 0 aromatic heterocycles. The zero-order valence-corrected chi connectivity index (χ0v) is 11.0. The molecule has 2 aliphatic heterocycles. The molecular formula is C15H22N2O. The first kappa shape index (κ1) is 11.8. The lowest BCUT2D eigenvalue weighted by atomic mass is 9.82. The van der Waals surface area contributed by atoms with Gasteiger partial charge in [0.15, 0.2) is 0 Å². The number of fused-ring (bicyclic) bond motifs is 2. The summed E-state index contributed by atoms with van der Waals surface area (Å²) in [6, 6.07) is 9.50. The van der Waals surface area contributed by atoms with Crippen molar-refractivity contribution in [2.45, 2.75) is 50.2 Å². The molecule has 0 saturated carbocycles. The van der Waals surface area contributed by atoms with Gasteiger partial charge in [-0.2, -0.15) is 0 Å². The molecular weight excluding hydrogens is 224 g/mol. The third-order valence-corrected chi connectivity index (χ3v) is 4.60. The highest BCUT2D eigenvalue weighted by molar-refractivity contribution is 5.55. The summed E-state index contributed by atoms with van der Waals surface area (Å²) in [7, 11) is 2.27. The van der Waals surface area contributed by atoms with E-state index in [0.29, 0.717) is 11.8 Å². The second kappa shape index (κ2) is 4.81. The Morgan fingerprint density at radius 1 is 1.17 bits per heavy atom. The number of phenols is 1. The zero-order valence-electron chi connectivity index (χ0n) is 11.0. The number of aromatic hydroxyl groups is 1. The monoisotopic (exact) mass is 246 g/mol. The highest BCUT2D eigenvalue weighted by atomic mass is 16.3. The van der Waals surface area contributed by atoms with E-state index in [1.54, 1.807) is 6.07 Å². The second-order valence-electron chi connectivity index (χ2n) is 5.73. The molecule has 2 fully saturated rings. The van der Waals surface area contributed by atoms with E-state index in [9.17, 15) is 5.11 Å². The second-order valence-corrected chi connectivity index (χ2v) is 5.73. The van der Waals surface area contributed by atoms with Crippen LogP contribution in [0.15, 0.2) is 24.3 Å². The summed E-state index contributed by atoms with van der Waals surface area (Å²) < 4.78 is 0. The van der Waals surface area contributed by atoms with Gasteiger partial charge in [-0.05, 0) is 44.9 Å². The van der Waals surface area contributed by atoms with Gasteiger partial charge in [0.1, 0.15) is 5.75 Å². The minimum absolute atomic E-state index is 0.363. The average Bonchev–Trinajstić information content (AvgIpc) is 2.33. The molecule has 0 aliphatic carbocycles. The summed E-state index contributed by atoms with van der Waals surface area (Å²) in [6.45, 7) is 0. The van der Waals surface area contributed by atoms with E-state index in [-0.39, 0.29) is 0 Å². The third-order valence-electron chi connectivity index (χ3n) is 4.60. The quantitative estimate of drug-likeness (QED) is 0.788. The van der Waals surface area contributed by atoms with Crippen molar-refractivity contribution in [1.82, 2.24) is 4.90 Å². The van der Waals surface area contributed by atoms with E-state index in [4.69, 9.17) is 0 Å². The van der Waals surface area contributed by atoms with E-state index in [1.165, 1.54) is 32.1 Å². The molecule has 18 heavy (non-hydrogen) atoms. The molecule has 2 saturated heterocycles. The molecule has 2 unspecified atom stereocenters. The lowest BCUT2D eigenvalue weighted by molar-refractivity contribution is 0.0608. The molecule has 2 heterocycles. The van der Waals surface area contributed by atoms with Crippen molar-refractivity contribution in [1.29, 1.82) is 0 Å². The van der Waals surface area contributed by atoms with Gasteiger partial charge >= 0.3 is 0 Å². The first-order chi connectivity index (χ1) is 8.74. The fourth-order valence-corrected chi connectivity index (χ4v) is 3.55. The van der Waals surface area contributed by atoms with Crippen molar-refractivity contribution >= 4 is 5.69 Å². The number of hydrogen-bond acceptors (Lipinski definition) is 3. The van der Waals surface area contributed by atoms with Gasteiger partial charge < -0.3 is 15.3 Å². The average molecular weight is 246 g/mol. The maximum atomic E-state index is 9.82. The Hall–Kier alpha value is -1.22. The van der Waals surface area contributed by atoms with Crippen molar-refractivity contribution < 1.29 is 5.11 Å².